The van der Waals surface area contributed by atoms with Gasteiger partial charge >= 0.3 is 5.97 Å². The van der Waals surface area contributed by atoms with Gasteiger partial charge < -0.3 is 4.74 Å². The monoisotopic (exact) mass is 351 g/mol. The lowest BCUT2D eigenvalue weighted by atomic mass is 9.98. The molecule has 5 rings (SSSR count). The van der Waals surface area contributed by atoms with Crippen molar-refractivity contribution in [1.82, 2.24) is 4.98 Å². The summed E-state index contributed by atoms with van der Waals surface area (Å²) >= 11 is 0. The maximum atomic E-state index is 12.8. The number of esters is 1. The number of carbonyl (C=O) groups excluding carboxylic acids is 1. The van der Waals surface area contributed by atoms with Crippen molar-refractivity contribution in [3.05, 3.63) is 102 Å². The van der Waals surface area contributed by atoms with E-state index in [1.165, 1.54) is 22.3 Å². The Morgan fingerprint density at radius 2 is 1.56 bits per heavy atom. The number of nitrogens with zero attached hydrogens (tertiary/aromatic N) is 1. The molecule has 0 saturated carbocycles. The molecule has 4 aromatic rings. The third-order valence-corrected chi connectivity index (χ3v) is 5.24. The number of fused-ring (bicyclic) bond motifs is 4. The van der Waals surface area contributed by atoms with Crippen LogP contribution in [0.1, 0.15) is 27.4 Å². The lowest BCUT2D eigenvalue weighted by Crippen LogP contribution is -2.13. The predicted molar refractivity (Wildman–Crippen MR) is 106 cm³/mol. The fourth-order valence-electron chi connectivity index (χ4n) is 3.98. The van der Waals surface area contributed by atoms with E-state index in [2.05, 4.69) is 29.2 Å². The molecule has 0 radical (unpaired) electrons. The predicted octanol–water partition coefficient (Wildman–Crippen LogP) is 5.20. The second-order valence-corrected chi connectivity index (χ2v) is 6.73. The first-order valence-corrected chi connectivity index (χ1v) is 9.01. The average molecular weight is 351 g/mol. The van der Waals surface area contributed by atoms with Crippen molar-refractivity contribution >= 4 is 16.7 Å². The largest absolute Gasteiger partial charge is 0.461 e. The van der Waals surface area contributed by atoms with E-state index >= 15 is 0 Å². The van der Waals surface area contributed by atoms with E-state index in [0.29, 0.717) is 12.2 Å². The Kier molecular flexibility index (Phi) is 3.72. The Morgan fingerprint density at radius 3 is 2.30 bits per heavy atom. The molecule has 0 bridgehead atoms. The van der Waals surface area contributed by atoms with Gasteiger partial charge in [0.15, 0.2) is 0 Å². The standard InChI is InChI=1S/C24H17NO2/c26-24(22-11-5-6-16-14-25-13-12-17(16)22)27-15-23-20-9-3-1-7-18(20)19-8-2-4-10-21(19)23/h1-14,23H,15H2. The lowest BCUT2D eigenvalue weighted by Gasteiger charge is -2.14. The van der Waals surface area contributed by atoms with E-state index in [0.717, 1.165) is 10.8 Å². The molecule has 0 unspecified atom stereocenters. The summed E-state index contributed by atoms with van der Waals surface area (Å²) in [6.07, 6.45) is 3.46. The molecule has 3 heteroatoms. The van der Waals surface area contributed by atoms with E-state index < -0.39 is 0 Å². The SMILES string of the molecule is O=C(OCC1c2ccccc2-c2ccccc21)c1cccc2cnccc12. The molecule has 3 nitrogen and oxygen atoms in total. The van der Waals surface area contributed by atoms with Gasteiger partial charge in [-0.05, 0) is 39.8 Å². The molecule has 1 aliphatic carbocycles. The molecule has 3 aromatic carbocycles. The van der Waals surface area contributed by atoms with Gasteiger partial charge in [0, 0.05) is 23.7 Å². The van der Waals surface area contributed by atoms with Crippen molar-refractivity contribution in [2.75, 3.05) is 6.61 Å². The van der Waals surface area contributed by atoms with Crippen LogP contribution in [0.15, 0.2) is 85.2 Å². The van der Waals surface area contributed by atoms with Gasteiger partial charge in [0.2, 0.25) is 0 Å². The highest BCUT2D eigenvalue weighted by Gasteiger charge is 2.29. The molecular formula is C24H17NO2. The Morgan fingerprint density at radius 1 is 0.852 bits per heavy atom. The van der Waals surface area contributed by atoms with Gasteiger partial charge in [-0.25, -0.2) is 4.79 Å². The van der Waals surface area contributed by atoms with Crippen molar-refractivity contribution in [3.8, 4) is 11.1 Å². The van der Waals surface area contributed by atoms with Gasteiger partial charge in [0.1, 0.15) is 6.61 Å². The summed E-state index contributed by atoms with van der Waals surface area (Å²) in [5.74, 6) is -0.230. The van der Waals surface area contributed by atoms with Crippen LogP contribution in [0, 0.1) is 0 Å². The van der Waals surface area contributed by atoms with Crippen LogP contribution >= 0.6 is 0 Å². The Labute approximate surface area is 157 Å². The number of rotatable bonds is 3. The van der Waals surface area contributed by atoms with Gasteiger partial charge in [-0.3, -0.25) is 4.98 Å². The van der Waals surface area contributed by atoms with Gasteiger partial charge in [-0.1, -0.05) is 60.7 Å². The summed E-state index contributed by atoms with van der Waals surface area (Å²) in [6.45, 7) is 0.328. The van der Waals surface area contributed by atoms with Gasteiger partial charge in [0.05, 0.1) is 5.56 Å². The molecule has 0 aliphatic heterocycles. The quantitative estimate of drug-likeness (QED) is 0.476. The summed E-state index contributed by atoms with van der Waals surface area (Å²) in [6, 6.07) is 24.2. The molecule has 27 heavy (non-hydrogen) atoms. The minimum atomic E-state index is -0.298. The van der Waals surface area contributed by atoms with Crippen LogP contribution in [0.4, 0.5) is 0 Å². The van der Waals surface area contributed by atoms with Gasteiger partial charge in [-0.2, -0.15) is 0 Å². The van der Waals surface area contributed by atoms with Crippen molar-refractivity contribution < 1.29 is 9.53 Å². The van der Waals surface area contributed by atoms with Crippen molar-refractivity contribution in [1.29, 1.82) is 0 Å². The van der Waals surface area contributed by atoms with E-state index in [-0.39, 0.29) is 11.9 Å². The second kappa shape index (κ2) is 6.36. The number of hydrogen-bond donors (Lipinski definition) is 0. The summed E-state index contributed by atoms with van der Waals surface area (Å²) in [5, 5.41) is 1.80. The number of carbonyl (C=O) groups is 1. The summed E-state index contributed by atoms with van der Waals surface area (Å²) in [4.78, 5) is 16.9. The van der Waals surface area contributed by atoms with Crippen LogP contribution in [0.3, 0.4) is 0 Å². The molecule has 0 fully saturated rings. The number of ether oxygens (including phenoxy) is 1. The molecule has 1 aliphatic rings. The highest BCUT2D eigenvalue weighted by atomic mass is 16.5. The topological polar surface area (TPSA) is 39.2 Å². The lowest BCUT2D eigenvalue weighted by molar-refractivity contribution is 0.0496. The Balaban J connectivity index is 1.45. The zero-order valence-corrected chi connectivity index (χ0v) is 14.6. The minimum Gasteiger partial charge on any atom is -0.461 e. The minimum absolute atomic E-state index is 0.0676. The fourth-order valence-corrected chi connectivity index (χ4v) is 3.98. The number of aromatic nitrogens is 1. The molecule has 0 saturated heterocycles. The van der Waals surface area contributed by atoms with Gasteiger partial charge in [0.25, 0.3) is 0 Å². The number of hydrogen-bond acceptors (Lipinski definition) is 3. The highest BCUT2D eigenvalue weighted by molar-refractivity contribution is 6.04. The Hall–Kier alpha value is -3.46. The van der Waals surface area contributed by atoms with Crippen LogP contribution in [0.2, 0.25) is 0 Å². The molecular weight excluding hydrogens is 334 g/mol. The van der Waals surface area contributed by atoms with Crippen LogP contribution in [-0.2, 0) is 4.74 Å². The second-order valence-electron chi connectivity index (χ2n) is 6.73. The van der Waals surface area contributed by atoms with E-state index in [9.17, 15) is 4.79 Å². The van der Waals surface area contributed by atoms with Crippen LogP contribution in [0.5, 0.6) is 0 Å². The molecule has 0 N–H and O–H groups in total. The smallest absolute Gasteiger partial charge is 0.338 e. The van der Waals surface area contributed by atoms with E-state index in [4.69, 9.17) is 4.74 Å². The zero-order valence-electron chi connectivity index (χ0n) is 14.6. The molecule has 0 spiro atoms. The molecule has 0 amide bonds. The summed E-state index contributed by atoms with van der Waals surface area (Å²) < 4.78 is 5.77. The van der Waals surface area contributed by atoms with E-state index in [1.54, 1.807) is 18.5 Å². The number of benzene rings is 3. The first kappa shape index (κ1) is 15.8. The normalized spacial score (nSPS) is 12.6. The fraction of sp³-hybridized carbons (Fsp3) is 0.0833. The zero-order chi connectivity index (χ0) is 18.2. The third-order valence-electron chi connectivity index (χ3n) is 5.24. The van der Waals surface area contributed by atoms with Crippen LogP contribution in [-0.4, -0.2) is 17.6 Å². The summed E-state index contributed by atoms with van der Waals surface area (Å²) in [7, 11) is 0. The summed E-state index contributed by atoms with van der Waals surface area (Å²) in [5.41, 5.74) is 5.47. The van der Waals surface area contributed by atoms with Gasteiger partial charge in [-0.15, -0.1) is 0 Å². The molecule has 1 heterocycles. The third kappa shape index (κ3) is 2.59. The Bertz CT molecular complexity index is 1110. The molecule has 130 valence electrons. The van der Waals surface area contributed by atoms with Crippen LogP contribution < -0.4 is 0 Å². The van der Waals surface area contributed by atoms with Crippen molar-refractivity contribution in [2.45, 2.75) is 5.92 Å². The van der Waals surface area contributed by atoms with Crippen molar-refractivity contribution in [2.24, 2.45) is 0 Å². The first-order chi connectivity index (χ1) is 13.3. The highest BCUT2D eigenvalue weighted by Crippen LogP contribution is 2.44. The molecule has 0 atom stereocenters. The van der Waals surface area contributed by atoms with Crippen LogP contribution in [0.25, 0.3) is 21.9 Å². The maximum absolute atomic E-state index is 12.8. The first-order valence-electron chi connectivity index (χ1n) is 9.01. The van der Waals surface area contributed by atoms with Crippen molar-refractivity contribution in [3.63, 3.8) is 0 Å². The molecule has 1 aromatic heterocycles. The number of pyridine rings is 1. The van der Waals surface area contributed by atoms with E-state index in [1.807, 2.05) is 42.5 Å². The maximum Gasteiger partial charge on any atom is 0.338 e. The average Bonchev–Trinajstić information content (AvgIpc) is 3.05.